The molecule has 1 radical (unpaired) electrons. The summed E-state index contributed by atoms with van der Waals surface area (Å²) in [6, 6.07) is 16.4. The molecule has 0 amide bonds. The van der Waals surface area contributed by atoms with E-state index in [1.807, 2.05) is 61.7 Å². The van der Waals surface area contributed by atoms with E-state index in [0.717, 1.165) is 50.5 Å². The van der Waals surface area contributed by atoms with Crippen LogP contribution in [0, 0.1) is 27.7 Å². The summed E-state index contributed by atoms with van der Waals surface area (Å²) in [7, 11) is 0. The van der Waals surface area contributed by atoms with Crippen LogP contribution < -0.4 is 0 Å². The summed E-state index contributed by atoms with van der Waals surface area (Å²) in [6.45, 7) is 8.39. The van der Waals surface area contributed by atoms with E-state index in [0.29, 0.717) is 0 Å². The van der Waals surface area contributed by atoms with Gasteiger partial charge < -0.3 is 9.97 Å². The number of nitrogens with one attached hydrogen (secondary N) is 2. The zero-order valence-electron chi connectivity index (χ0n) is 20.2. The number of aryl methyl sites for hydroxylation is 2. The molecule has 2 aliphatic heterocycles. The van der Waals surface area contributed by atoms with Gasteiger partial charge in [-0.3, -0.25) is 4.98 Å². The maximum Gasteiger partial charge on any atom is 0.0658 e. The van der Waals surface area contributed by atoms with Crippen LogP contribution >= 0.6 is 0 Å². The van der Waals surface area contributed by atoms with Crippen LogP contribution in [0.2, 0.25) is 0 Å². The molecule has 0 atom stereocenters. The third kappa shape index (κ3) is 5.67. The Balaban J connectivity index is 0.000000224. The molecule has 5 nitrogen and oxygen atoms in total. The predicted molar refractivity (Wildman–Crippen MR) is 142 cm³/mol. The fraction of sp³-hybridized carbons (Fsp3) is 0.138. The third-order valence-corrected chi connectivity index (χ3v) is 6.19. The molecule has 2 aliphatic rings. The van der Waals surface area contributed by atoms with E-state index in [9.17, 15) is 0 Å². The third-order valence-electron chi connectivity index (χ3n) is 6.19. The van der Waals surface area contributed by atoms with Gasteiger partial charge in [0.15, 0.2) is 0 Å². The largest absolute Gasteiger partial charge is 0.355 e. The van der Waals surface area contributed by atoms with E-state index in [-0.39, 0.29) is 16.8 Å². The van der Waals surface area contributed by atoms with Crippen molar-refractivity contribution < 1.29 is 16.8 Å². The quantitative estimate of drug-likeness (QED) is 0.235. The number of fused-ring (bicyclic) bond motifs is 8. The SMILES string of the molecule is C1=Cc2cc3ccc(cc4nc(cc5ccc(cc1n2)[nH]5)C=C4)[nH]3.Cc1cnc(C)c(C)c1C.[Co]. The van der Waals surface area contributed by atoms with Gasteiger partial charge in [-0.05, 0) is 117 Å². The molecule has 4 aromatic rings. The van der Waals surface area contributed by atoms with Gasteiger partial charge in [0, 0.05) is 50.7 Å². The Bertz CT molecular complexity index is 1400. The van der Waals surface area contributed by atoms with Crippen molar-refractivity contribution in [2.24, 2.45) is 0 Å². The Morgan fingerprint density at radius 2 is 0.914 bits per heavy atom. The summed E-state index contributed by atoms with van der Waals surface area (Å²) < 4.78 is 0. The summed E-state index contributed by atoms with van der Waals surface area (Å²) in [5.74, 6) is 0. The Kier molecular flexibility index (Phi) is 7.14. The molecule has 6 rings (SSSR count). The maximum atomic E-state index is 4.63. The van der Waals surface area contributed by atoms with Gasteiger partial charge in [0.2, 0.25) is 0 Å². The van der Waals surface area contributed by atoms with Crippen LogP contribution in [0.5, 0.6) is 0 Å². The molecule has 0 fully saturated rings. The van der Waals surface area contributed by atoms with Crippen molar-refractivity contribution in [2.75, 3.05) is 0 Å². The predicted octanol–water partition coefficient (Wildman–Crippen LogP) is 6.97. The fourth-order valence-corrected chi connectivity index (χ4v) is 3.90. The summed E-state index contributed by atoms with van der Waals surface area (Å²) in [5, 5.41) is 0. The average molecular weight is 505 g/mol. The monoisotopic (exact) mass is 504 g/mol. The molecule has 2 N–H and O–H groups in total. The number of aromatic nitrogens is 5. The molecule has 0 unspecified atom stereocenters. The van der Waals surface area contributed by atoms with Crippen LogP contribution in [0.3, 0.4) is 0 Å². The van der Waals surface area contributed by atoms with Crippen LogP contribution in [-0.2, 0) is 16.8 Å². The van der Waals surface area contributed by atoms with E-state index in [1.54, 1.807) is 0 Å². The van der Waals surface area contributed by atoms with Crippen LogP contribution in [0.25, 0.3) is 46.4 Å². The van der Waals surface area contributed by atoms with E-state index in [4.69, 9.17) is 0 Å². The summed E-state index contributed by atoms with van der Waals surface area (Å²) in [5.41, 5.74) is 13.0. The van der Waals surface area contributed by atoms with Gasteiger partial charge in [-0.2, -0.15) is 0 Å². The van der Waals surface area contributed by atoms with Gasteiger partial charge in [-0.25, -0.2) is 9.97 Å². The zero-order chi connectivity index (χ0) is 23.7. The molecule has 0 saturated carbocycles. The number of pyridine rings is 1. The molecule has 177 valence electrons. The van der Waals surface area contributed by atoms with Crippen molar-refractivity contribution in [2.45, 2.75) is 27.7 Å². The Morgan fingerprint density at radius 3 is 1.26 bits per heavy atom. The van der Waals surface area contributed by atoms with Crippen molar-refractivity contribution in [1.82, 2.24) is 24.9 Å². The van der Waals surface area contributed by atoms with Gasteiger partial charge in [-0.15, -0.1) is 0 Å². The van der Waals surface area contributed by atoms with E-state index in [1.165, 1.54) is 16.7 Å². The first kappa shape index (κ1) is 24.4. The molecule has 6 heteroatoms. The topological polar surface area (TPSA) is 70.2 Å². The van der Waals surface area contributed by atoms with Crippen molar-refractivity contribution in [1.29, 1.82) is 0 Å². The molecule has 35 heavy (non-hydrogen) atoms. The van der Waals surface area contributed by atoms with Gasteiger partial charge >= 0.3 is 0 Å². The standard InChI is InChI=1S/C20H14N4.C9H13N.Co/c1-2-14-10-16-5-6-18(23-16)12-20-8-7-19(24-20)11-17-4-3-15(22-17)9-13(1)21-14;1-6-5-10-9(4)8(3)7(6)2;/h1-12,21,24H;5H,1-4H3;. The van der Waals surface area contributed by atoms with Crippen LogP contribution in [-0.4, -0.2) is 24.9 Å². The maximum absolute atomic E-state index is 4.63. The number of nitrogens with zero attached hydrogens (tertiary/aromatic N) is 3. The molecule has 0 saturated heterocycles. The van der Waals surface area contributed by atoms with Crippen LogP contribution in [0.15, 0.2) is 54.7 Å². The molecular weight excluding hydrogens is 477 g/mol. The summed E-state index contributed by atoms with van der Waals surface area (Å²) in [4.78, 5) is 20.3. The number of hydrogen-bond donors (Lipinski definition) is 2. The van der Waals surface area contributed by atoms with Crippen LogP contribution in [0.1, 0.15) is 45.2 Å². The summed E-state index contributed by atoms with van der Waals surface area (Å²) in [6.07, 6.45) is 10.0. The first-order chi connectivity index (χ1) is 16.4. The molecular formula is C29H27CoN5. The minimum atomic E-state index is 0. The first-order valence-electron chi connectivity index (χ1n) is 11.4. The van der Waals surface area contributed by atoms with E-state index < -0.39 is 0 Å². The Morgan fingerprint density at radius 1 is 0.543 bits per heavy atom. The molecule has 8 bridgehead atoms. The normalized spacial score (nSPS) is 11.5. The average Bonchev–Trinajstić information content (AvgIpc) is 3.61. The minimum absolute atomic E-state index is 0. The minimum Gasteiger partial charge on any atom is -0.355 e. The van der Waals surface area contributed by atoms with Gasteiger partial charge in [0.05, 0.1) is 22.8 Å². The van der Waals surface area contributed by atoms with Crippen molar-refractivity contribution >= 4 is 46.4 Å². The first-order valence-corrected chi connectivity index (χ1v) is 11.4. The molecule has 0 aromatic carbocycles. The smallest absolute Gasteiger partial charge is 0.0658 e. The second kappa shape index (κ2) is 10.3. The second-order valence-corrected chi connectivity index (χ2v) is 8.68. The molecule has 6 heterocycles. The van der Waals surface area contributed by atoms with Gasteiger partial charge in [0.25, 0.3) is 0 Å². The number of aromatic amines is 2. The molecule has 0 aliphatic carbocycles. The van der Waals surface area contributed by atoms with Gasteiger partial charge in [-0.1, -0.05) is 0 Å². The van der Waals surface area contributed by atoms with Crippen molar-refractivity contribution in [3.63, 3.8) is 0 Å². The summed E-state index contributed by atoms with van der Waals surface area (Å²) >= 11 is 0. The second-order valence-electron chi connectivity index (χ2n) is 8.68. The number of H-pyrrole nitrogens is 2. The van der Waals surface area contributed by atoms with Crippen molar-refractivity contribution in [3.05, 3.63) is 99.9 Å². The fourth-order valence-electron chi connectivity index (χ4n) is 3.90. The van der Waals surface area contributed by atoms with Crippen molar-refractivity contribution in [3.8, 4) is 0 Å². The molecule has 0 spiro atoms. The Labute approximate surface area is 215 Å². The number of hydrogen-bond acceptors (Lipinski definition) is 3. The van der Waals surface area contributed by atoms with E-state index in [2.05, 4.69) is 70.0 Å². The number of rotatable bonds is 0. The van der Waals surface area contributed by atoms with Gasteiger partial charge in [0.1, 0.15) is 0 Å². The Hall–Kier alpha value is -3.74. The van der Waals surface area contributed by atoms with E-state index >= 15 is 0 Å². The zero-order valence-corrected chi connectivity index (χ0v) is 21.2. The molecule has 4 aromatic heterocycles. The van der Waals surface area contributed by atoms with Crippen LogP contribution in [0.4, 0.5) is 0 Å².